The fourth-order valence-corrected chi connectivity index (χ4v) is 2.26. The van der Waals surface area contributed by atoms with Crippen LogP contribution in [0.1, 0.15) is 58.3 Å². The normalized spacial score (nSPS) is 20.1. The number of ketones is 1. The van der Waals surface area contributed by atoms with Crippen LogP contribution in [0.3, 0.4) is 0 Å². The van der Waals surface area contributed by atoms with Gasteiger partial charge in [0.05, 0.1) is 6.61 Å². The Kier molecular flexibility index (Phi) is 6.12. The zero-order valence-corrected chi connectivity index (χ0v) is 10.2. The van der Waals surface area contributed by atoms with Crippen molar-refractivity contribution in [2.45, 2.75) is 58.3 Å². The molecule has 16 heavy (non-hydrogen) atoms. The number of esters is 1. The molecule has 0 aromatic carbocycles. The number of hydrogen-bond donors (Lipinski definition) is 0. The summed E-state index contributed by atoms with van der Waals surface area (Å²) in [4.78, 5) is 22.4. The van der Waals surface area contributed by atoms with E-state index in [-0.39, 0.29) is 5.97 Å². The predicted octanol–water partition coefficient (Wildman–Crippen LogP) is 2.87. The van der Waals surface area contributed by atoms with Crippen molar-refractivity contribution >= 4 is 11.8 Å². The molecule has 0 spiro atoms. The van der Waals surface area contributed by atoms with Crippen molar-refractivity contribution in [1.82, 2.24) is 0 Å². The largest absolute Gasteiger partial charge is 0.466 e. The average Bonchev–Trinajstić information content (AvgIpc) is 2.64. The molecule has 0 amide bonds. The molecule has 0 aromatic heterocycles. The molecule has 0 N–H and O–H groups in total. The monoisotopic (exact) mass is 226 g/mol. The summed E-state index contributed by atoms with van der Waals surface area (Å²) in [6.45, 7) is 2.29. The van der Waals surface area contributed by atoms with Gasteiger partial charge >= 0.3 is 5.97 Å². The molecular formula is C13H22O3. The molecule has 0 radical (unpaired) electrons. The van der Waals surface area contributed by atoms with Gasteiger partial charge in [-0.05, 0) is 32.6 Å². The Morgan fingerprint density at radius 3 is 2.81 bits per heavy atom. The lowest BCUT2D eigenvalue weighted by Gasteiger charge is -2.06. The van der Waals surface area contributed by atoms with Crippen LogP contribution < -0.4 is 0 Å². The van der Waals surface area contributed by atoms with Crippen molar-refractivity contribution < 1.29 is 14.3 Å². The zero-order chi connectivity index (χ0) is 11.8. The number of hydrogen-bond acceptors (Lipinski definition) is 3. The standard InChI is InChI=1S/C13H22O3/c1-2-16-13(15)10-5-3-4-7-11-8-6-9-12(11)14/h11H,2-10H2,1H3/t11-/m1/s1. The molecular weight excluding hydrogens is 204 g/mol. The SMILES string of the molecule is CCOC(=O)CCCCC[C@@H]1CCCC1=O. The second-order valence-corrected chi connectivity index (χ2v) is 4.46. The van der Waals surface area contributed by atoms with Crippen molar-refractivity contribution in [2.75, 3.05) is 6.61 Å². The van der Waals surface area contributed by atoms with Gasteiger partial charge in [0.2, 0.25) is 0 Å². The van der Waals surface area contributed by atoms with Crippen molar-refractivity contribution in [1.29, 1.82) is 0 Å². The summed E-state index contributed by atoms with van der Waals surface area (Å²) in [7, 11) is 0. The van der Waals surface area contributed by atoms with Gasteiger partial charge in [0.25, 0.3) is 0 Å². The third kappa shape index (κ3) is 4.77. The van der Waals surface area contributed by atoms with Crippen LogP contribution in [-0.2, 0) is 14.3 Å². The van der Waals surface area contributed by atoms with Gasteiger partial charge in [-0.2, -0.15) is 0 Å². The number of carbonyl (C=O) groups is 2. The Morgan fingerprint density at radius 1 is 1.38 bits per heavy atom. The molecule has 3 heteroatoms. The van der Waals surface area contributed by atoms with Crippen molar-refractivity contribution in [3.63, 3.8) is 0 Å². The topological polar surface area (TPSA) is 43.4 Å². The van der Waals surface area contributed by atoms with E-state index in [2.05, 4.69) is 0 Å². The molecule has 1 aliphatic rings. The Bertz CT molecular complexity index is 235. The lowest BCUT2D eigenvalue weighted by Crippen LogP contribution is -2.06. The molecule has 0 heterocycles. The first-order chi connectivity index (χ1) is 7.74. The lowest BCUT2D eigenvalue weighted by molar-refractivity contribution is -0.143. The van der Waals surface area contributed by atoms with Crippen LogP contribution in [0, 0.1) is 5.92 Å². The Morgan fingerprint density at radius 2 is 2.19 bits per heavy atom. The molecule has 92 valence electrons. The molecule has 0 bridgehead atoms. The number of Topliss-reactive ketones (excluding diaryl/α,β-unsaturated/α-hetero) is 1. The van der Waals surface area contributed by atoms with Crippen LogP contribution in [0.2, 0.25) is 0 Å². The minimum Gasteiger partial charge on any atom is -0.466 e. The Hall–Kier alpha value is -0.860. The summed E-state index contributed by atoms with van der Waals surface area (Å²) in [5, 5.41) is 0. The molecule has 3 nitrogen and oxygen atoms in total. The highest BCUT2D eigenvalue weighted by Gasteiger charge is 2.23. The zero-order valence-electron chi connectivity index (χ0n) is 10.2. The molecule has 1 rings (SSSR count). The molecule has 0 saturated heterocycles. The first-order valence-corrected chi connectivity index (χ1v) is 6.42. The average molecular weight is 226 g/mol. The van der Waals surface area contributed by atoms with Crippen molar-refractivity contribution in [3.05, 3.63) is 0 Å². The van der Waals surface area contributed by atoms with E-state index in [1.54, 1.807) is 0 Å². The maximum absolute atomic E-state index is 11.4. The summed E-state index contributed by atoms with van der Waals surface area (Å²) >= 11 is 0. The summed E-state index contributed by atoms with van der Waals surface area (Å²) in [6.07, 6.45) is 7.46. The maximum atomic E-state index is 11.4. The fourth-order valence-electron chi connectivity index (χ4n) is 2.26. The fraction of sp³-hybridized carbons (Fsp3) is 0.846. The van der Waals surface area contributed by atoms with E-state index in [1.807, 2.05) is 6.92 Å². The van der Waals surface area contributed by atoms with Gasteiger partial charge < -0.3 is 4.74 Å². The molecule has 0 unspecified atom stereocenters. The van der Waals surface area contributed by atoms with Gasteiger partial charge in [0.1, 0.15) is 5.78 Å². The summed E-state index contributed by atoms with van der Waals surface area (Å²) < 4.78 is 4.85. The summed E-state index contributed by atoms with van der Waals surface area (Å²) in [5.41, 5.74) is 0. The van der Waals surface area contributed by atoms with Gasteiger partial charge in [0.15, 0.2) is 0 Å². The van der Waals surface area contributed by atoms with E-state index in [0.717, 1.165) is 44.9 Å². The van der Waals surface area contributed by atoms with Gasteiger partial charge in [-0.25, -0.2) is 0 Å². The minimum absolute atomic E-state index is 0.0977. The molecule has 1 atom stereocenters. The summed E-state index contributed by atoms with van der Waals surface area (Å²) in [5.74, 6) is 0.674. The van der Waals surface area contributed by atoms with Gasteiger partial charge in [-0.3, -0.25) is 9.59 Å². The first kappa shape index (κ1) is 13.2. The minimum atomic E-state index is -0.0977. The van der Waals surface area contributed by atoms with E-state index >= 15 is 0 Å². The Balaban J connectivity index is 1.95. The second kappa shape index (κ2) is 7.42. The van der Waals surface area contributed by atoms with Crippen LogP contribution in [0.5, 0.6) is 0 Å². The maximum Gasteiger partial charge on any atom is 0.305 e. The predicted molar refractivity (Wildman–Crippen MR) is 62.1 cm³/mol. The first-order valence-electron chi connectivity index (χ1n) is 6.42. The van der Waals surface area contributed by atoms with Crippen LogP contribution in [0.25, 0.3) is 0 Å². The molecule has 1 aliphatic carbocycles. The van der Waals surface area contributed by atoms with Gasteiger partial charge in [0, 0.05) is 18.8 Å². The molecule has 0 aliphatic heterocycles. The Labute approximate surface area is 97.5 Å². The van der Waals surface area contributed by atoms with Crippen LogP contribution >= 0.6 is 0 Å². The number of ether oxygens (including phenoxy) is 1. The van der Waals surface area contributed by atoms with Crippen LogP contribution in [-0.4, -0.2) is 18.4 Å². The third-order valence-electron chi connectivity index (χ3n) is 3.17. The van der Waals surface area contributed by atoms with E-state index in [1.165, 1.54) is 0 Å². The van der Waals surface area contributed by atoms with E-state index in [9.17, 15) is 9.59 Å². The number of carbonyl (C=O) groups excluding carboxylic acids is 2. The van der Waals surface area contributed by atoms with E-state index < -0.39 is 0 Å². The third-order valence-corrected chi connectivity index (χ3v) is 3.17. The highest BCUT2D eigenvalue weighted by atomic mass is 16.5. The molecule has 0 aromatic rings. The lowest BCUT2D eigenvalue weighted by atomic mass is 9.99. The highest BCUT2D eigenvalue weighted by molar-refractivity contribution is 5.82. The second-order valence-electron chi connectivity index (χ2n) is 4.46. The molecule has 1 saturated carbocycles. The van der Waals surface area contributed by atoms with Gasteiger partial charge in [-0.15, -0.1) is 0 Å². The van der Waals surface area contributed by atoms with Gasteiger partial charge in [-0.1, -0.05) is 12.8 Å². The van der Waals surface area contributed by atoms with Crippen LogP contribution in [0.15, 0.2) is 0 Å². The smallest absolute Gasteiger partial charge is 0.305 e. The molecule has 1 fully saturated rings. The van der Waals surface area contributed by atoms with Crippen molar-refractivity contribution in [3.8, 4) is 0 Å². The number of unbranched alkanes of at least 4 members (excludes halogenated alkanes) is 2. The van der Waals surface area contributed by atoms with Crippen molar-refractivity contribution in [2.24, 2.45) is 5.92 Å². The van der Waals surface area contributed by atoms with E-state index in [0.29, 0.717) is 24.7 Å². The summed E-state index contributed by atoms with van der Waals surface area (Å²) in [6, 6.07) is 0. The van der Waals surface area contributed by atoms with E-state index in [4.69, 9.17) is 4.74 Å². The van der Waals surface area contributed by atoms with Crippen LogP contribution in [0.4, 0.5) is 0 Å². The quantitative estimate of drug-likeness (QED) is 0.495. The highest BCUT2D eigenvalue weighted by Crippen LogP contribution is 2.26. The number of rotatable bonds is 7.